The molecular formula is C20H23N3O3. The Morgan fingerprint density at radius 2 is 1.85 bits per heavy atom. The van der Waals surface area contributed by atoms with Crippen LogP contribution in [0.2, 0.25) is 0 Å². The van der Waals surface area contributed by atoms with Gasteiger partial charge in [0.1, 0.15) is 6.10 Å². The normalized spacial score (nSPS) is 21.0. The van der Waals surface area contributed by atoms with E-state index in [1.54, 1.807) is 10.8 Å². The Labute approximate surface area is 152 Å². The van der Waals surface area contributed by atoms with E-state index in [1.807, 2.05) is 41.3 Å². The number of benzene rings is 1. The summed E-state index contributed by atoms with van der Waals surface area (Å²) in [6, 6.07) is 11.3. The number of amides is 1. The standard InChI is InChI=1S/C20H23N3O3/c24-19-5-1-2-11-22(19)15-6-8-16(9-7-15)23-12-3-4-17(20(23)25)18-14-21-10-13-26-18/h3-4,6-9,12,18,21H,1-2,5,10-11,13-14H2. The molecule has 2 aliphatic heterocycles. The third-order valence-corrected chi connectivity index (χ3v) is 5.01. The van der Waals surface area contributed by atoms with Gasteiger partial charge in [0, 0.05) is 49.2 Å². The van der Waals surface area contributed by atoms with Crippen molar-refractivity contribution in [1.82, 2.24) is 9.88 Å². The molecule has 1 aromatic carbocycles. The highest BCUT2D eigenvalue weighted by atomic mass is 16.5. The molecule has 1 unspecified atom stereocenters. The van der Waals surface area contributed by atoms with Crippen molar-refractivity contribution >= 4 is 11.6 Å². The molecule has 26 heavy (non-hydrogen) atoms. The van der Waals surface area contributed by atoms with Crippen molar-refractivity contribution in [3.8, 4) is 5.69 Å². The molecule has 0 saturated carbocycles. The highest BCUT2D eigenvalue weighted by molar-refractivity contribution is 5.94. The van der Waals surface area contributed by atoms with Gasteiger partial charge in [0.05, 0.1) is 6.61 Å². The van der Waals surface area contributed by atoms with Gasteiger partial charge in [-0.05, 0) is 49.2 Å². The fraction of sp³-hybridized carbons (Fsp3) is 0.400. The van der Waals surface area contributed by atoms with Crippen LogP contribution in [0.15, 0.2) is 47.4 Å². The van der Waals surface area contributed by atoms with Crippen LogP contribution in [-0.4, -0.2) is 36.7 Å². The van der Waals surface area contributed by atoms with Gasteiger partial charge in [0.2, 0.25) is 5.91 Å². The van der Waals surface area contributed by atoms with E-state index in [4.69, 9.17) is 4.74 Å². The van der Waals surface area contributed by atoms with E-state index in [9.17, 15) is 9.59 Å². The number of nitrogens with one attached hydrogen (secondary N) is 1. The smallest absolute Gasteiger partial charge is 0.260 e. The highest BCUT2D eigenvalue weighted by Gasteiger charge is 2.21. The lowest BCUT2D eigenvalue weighted by Crippen LogP contribution is -2.37. The summed E-state index contributed by atoms with van der Waals surface area (Å²) in [6.45, 7) is 2.83. The topological polar surface area (TPSA) is 63.6 Å². The Kier molecular flexibility index (Phi) is 4.86. The van der Waals surface area contributed by atoms with Gasteiger partial charge in [0.15, 0.2) is 0 Å². The van der Waals surface area contributed by atoms with Crippen LogP contribution in [0.25, 0.3) is 5.69 Å². The molecule has 4 rings (SSSR count). The number of piperidine rings is 1. The van der Waals surface area contributed by atoms with E-state index < -0.39 is 0 Å². The molecule has 0 spiro atoms. The number of ether oxygens (including phenoxy) is 1. The van der Waals surface area contributed by atoms with Gasteiger partial charge in [-0.25, -0.2) is 0 Å². The number of hydrogen-bond donors (Lipinski definition) is 1. The Morgan fingerprint density at radius 1 is 1.04 bits per heavy atom. The van der Waals surface area contributed by atoms with Gasteiger partial charge in [-0.1, -0.05) is 0 Å². The zero-order valence-corrected chi connectivity index (χ0v) is 14.7. The Hall–Kier alpha value is -2.44. The number of pyridine rings is 1. The number of hydrogen-bond acceptors (Lipinski definition) is 4. The van der Waals surface area contributed by atoms with Gasteiger partial charge >= 0.3 is 0 Å². The van der Waals surface area contributed by atoms with Crippen LogP contribution < -0.4 is 15.8 Å². The lowest BCUT2D eigenvalue weighted by molar-refractivity contribution is -0.119. The maximum Gasteiger partial charge on any atom is 0.260 e. The van der Waals surface area contributed by atoms with Crippen molar-refractivity contribution in [3.63, 3.8) is 0 Å². The van der Waals surface area contributed by atoms with Gasteiger partial charge in [-0.2, -0.15) is 0 Å². The van der Waals surface area contributed by atoms with Crippen LogP contribution in [-0.2, 0) is 9.53 Å². The number of nitrogens with zero attached hydrogens (tertiary/aromatic N) is 2. The predicted octanol–water partition coefficient (Wildman–Crippen LogP) is 2.02. The van der Waals surface area contributed by atoms with Crippen LogP contribution in [0.5, 0.6) is 0 Å². The van der Waals surface area contributed by atoms with Gasteiger partial charge in [-0.15, -0.1) is 0 Å². The first-order valence-corrected chi connectivity index (χ1v) is 9.19. The zero-order chi connectivity index (χ0) is 17.9. The first-order chi connectivity index (χ1) is 12.7. The van der Waals surface area contributed by atoms with E-state index in [0.29, 0.717) is 25.1 Å². The monoisotopic (exact) mass is 353 g/mol. The average molecular weight is 353 g/mol. The van der Waals surface area contributed by atoms with E-state index in [1.165, 1.54) is 0 Å². The second kappa shape index (κ2) is 7.43. The fourth-order valence-electron chi connectivity index (χ4n) is 3.60. The molecule has 1 atom stereocenters. The van der Waals surface area contributed by atoms with Crippen LogP contribution in [0.4, 0.5) is 5.69 Å². The molecule has 0 bridgehead atoms. The van der Waals surface area contributed by atoms with Crippen molar-refractivity contribution in [3.05, 3.63) is 58.5 Å². The van der Waals surface area contributed by atoms with Crippen LogP contribution >= 0.6 is 0 Å². The van der Waals surface area contributed by atoms with Crippen LogP contribution in [0.1, 0.15) is 30.9 Å². The number of anilines is 1. The minimum Gasteiger partial charge on any atom is -0.371 e. The van der Waals surface area contributed by atoms with Crippen molar-refractivity contribution in [1.29, 1.82) is 0 Å². The van der Waals surface area contributed by atoms with Crippen molar-refractivity contribution < 1.29 is 9.53 Å². The minimum absolute atomic E-state index is 0.0667. The predicted molar refractivity (Wildman–Crippen MR) is 99.8 cm³/mol. The number of morpholine rings is 1. The molecule has 136 valence electrons. The summed E-state index contributed by atoms with van der Waals surface area (Å²) in [5.41, 5.74) is 2.27. The summed E-state index contributed by atoms with van der Waals surface area (Å²) in [4.78, 5) is 26.8. The Bertz CT molecular complexity index is 838. The van der Waals surface area contributed by atoms with E-state index in [0.717, 1.165) is 37.3 Å². The van der Waals surface area contributed by atoms with Gasteiger partial charge in [0.25, 0.3) is 5.56 Å². The SMILES string of the molecule is O=C1CCCCN1c1ccc(-n2cccc(C3CNCCO3)c2=O)cc1. The maximum atomic E-state index is 12.9. The summed E-state index contributed by atoms with van der Waals surface area (Å²) in [5, 5.41) is 3.26. The minimum atomic E-state index is -0.214. The van der Waals surface area contributed by atoms with E-state index in [-0.39, 0.29) is 17.6 Å². The van der Waals surface area contributed by atoms with Crippen LogP contribution in [0, 0.1) is 0 Å². The maximum absolute atomic E-state index is 12.9. The summed E-state index contributed by atoms with van der Waals surface area (Å²) >= 11 is 0. The Balaban J connectivity index is 1.61. The van der Waals surface area contributed by atoms with Crippen molar-refractivity contribution in [2.45, 2.75) is 25.4 Å². The quantitative estimate of drug-likeness (QED) is 0.917. The molecule has 1 N–H and O–H groups in total. The summed E-state index contributed by atoms with van der Waals surface area (Å²) < 4.78 is 7.36. The Morgan fingerprint density at radius 3 is 2.58 bits per heavy atom. The fourth-order valence-corrected chi connectivity index (χ4v) is 3.60. The second-order valence-electron chi connectivity index (χ2n) is 6.72. The van der Waals surface area contributed by atoms with E-state index >= 15 is 0 Å². The molecule has 6 nitrogen and oxygen atoms in total. The third kappa shape index (κ3) is 3.30. The average Bonchev–Trinajstić information content (AvgIpc) is 2.69. The molecule has 6 heteroatoms. The van der Waals surface area contributed by atoms with E-state index in [2.05, 4.69) is 5.32 Å². The number of carbonyl (C=O) groups is 1. The van der Waals surface area contributed by atoms with Crippen molar-refractivity contribution in [2.75, 3.05) is 31.1 Å². The molecule has 2 saturated heterocycles. The number of aromatic nitrogens is 1. The number of carbonyl (C=O) groups excluding carboxylic acids is 1. The zero-order valence-electron chi connectivity index (χ0n) is 14.7. The molecular weight excluding hydrogens is 330 g/mol. The first kappa shape index (κ1) is 17.0. The molecule has 1 amide bonds. The third-order valence-electron chi connectivity index (χ3n) is 5.01. The molecule has 2 aliphatic rings. The van der Waals surface area contributed by atoms with Crippen molar-refractivity contribution in [2.24, 2.45) is 0 Å². The summed E-state index contributed by atoms with van der Waals surface area (Å²) in [6.07, 6.45) is 4.16. The second-order valence-corrected chi connectivity index (χ2v) is 6.72. The largest absolute Gasteiger partial charge is 0.371 e. The lowest BCUT2D eigenvalue weighted by atomic mass is 10.1. The molecule has 1 aromatic heterocycles. The molecule has 0 radical (unpaired) electrons. The van der Waals surface area contributed by atoms with Gasteiger partial charge in [-0.3, -0.25) is 14.2 Å². The first-order valence-electron chi connectivity index (χ1n) is 9.19. The highest BCUT2D eigenvalue weighted by Crippen LogP contribution is 2.22. The molecule has 2 aromatic rings. The van der Waals surface area contributed by atoms with Crippen LogP contribution in [0.3, 0.4) is 0 Å². The number of rotatable bonds is 3. The summed E-state index contributed by atoms with van der Waals surface area (Å²) in [7, 11) is 0. The lowest BCUT2D eigenvalue weighted by Gasteiger charge is -2.27. The van der Waals surface area contributed by atoms with Gasteiger partial charge < -0.3 is 15.0 Å². The molecule has 3 heterocycles. The molecule has 0 aliphatic carbocycles. The molecule has 2 fully saturated rings. The summed E-state index contributed by atoms with van der Waals surface area (Å²) in [5.74, 6) is 0.171.